The van der Waals surface area contributed by atoms with Gasteiger partial charge < -0.3 is 18.7 Å². The molecule has 1 aliphatic rings. The number of carbonyl (C=O) groups is 1. The van der Waals surface area contributed by atoms with Crippen molar-refractivity contribution >= 4 is 17.6 Å². The van der Waals surface area contributed by atoms with E-state index in [1.165, 1.54) is 37.3 Å². The SMILES string of the molecule is Cc1onc(-c2c(F)cccc2Cl)c1C(=O)OCc1cc(F)cc2c1OCOC2. The maximum Gasteiger partial charge on any atom is 0.344 e. The number of hydrogen-bond acceptors (Lipinski definition) is 6. The second kappa shape index (κ2) is 7.81. The van der Waals surface area contributed by atoms with Crippen molar-refractivity contribution in [1.82, 2.24) is 5.16 Å². The summed E-state index contributed by atoms with van der Waals surface area (Å²) in [5.74, 6) is -1.44. The van der Waals surface area contributed by atoms with E-state index in [4.69, 9.17) is 30.3 Å². The minimum atomic E-state index is -0.817. The van der Waals surface area contributed by atoms with Crippen molar-refractivity contribution in [3.05, 3.63) is 69.4 Å². The Morgan fingerprint density at radius 2 is 2.14 bits per heavy atom. The van der Waals surface area contributed by atoms with Crippen LogP contribution in [-0.4, -0.2) is 17.9 Å². The lowest BCUT2D eigenvalue weighted by molar-refractivity contribution is -0.0182. The Balaban J connectivity index is 1.63. The van der Waals surface area contributed by atoms with E-state index in [1.54, 1.807) is 0 Å². The highest BCUT2D eigenvalue weighted by Crippen LogP contribution is 2.34. The first kappa shape index (κ1) is 19.4. The quantitative estimate of drug-likeness (QED) is 0.563. The van der Waals surface area contributed by atoms with Gasteiger partial charge in [0.15, 0.2) is 6.79 Å². The summed E-state index contributed by atoms with van der Waals surface area (Å²) < 4.78 is 49.1. The average Bonchev–Trinajstić information content (AvgIpc) is 3.06. The predicted molar refractivity (Wildman–Crippen MR) is 97.4 cm³/mol. The Bertz CT molecular complexity index is 1080. The standard InChI is InChI=1S/C20H14ClF2NO5/c1-10-16(18(24-29-10)17-14(21)3-2-4-15(17)23)20(25)27-8-12-6-13(22)5-11-7-26-9-28-19(11)12/h2-6H,7-9H2,1H3. The molecule has 0 amide bonds. The maximum atomic E-state index is 14.3. The van der Waals surface area contributed by atoms with E-state index >= 15 is 0 Å². The Morgan fingerprint density at radius 1 is 1.31 bits per heavy atom. The summed E-state index contributed by atoms with van der Waals surface area (Å²) in [6.45, 7) is 1.43. The number of carbonyl (C=O) groups excluding carboxylic acids is 1. The van der Waals surface area contributed by atoms with E-state index in [1.807, 2.05) is 0 Å². The number of aryl methyl sites for hydroxylation is 1. The number of aromatic nitrogens is 1. The van der Waals surface area contributed by atoms with Crippen molar-refractivity contribution in [3.8, 4) is 17.0 Å². The number of hydrogen-bond donors (Lipinski definition) is 0. The van der Waals surface area contributed by atoms with Crippen LogP contribution in [0.4, 0.5) is 8.78 Å². The molecule has 6 nitrogen and oxygen atoms in total. The molecular formula is C20H14ClF2NO5. The average molecular weight is 422 g/mol. The van der Waals surface area contributed by atoms with Crippen LogP contribution in [0.5, 0.6) is 5.75 Å². The molecule has 0 aliphatic carbocycles. The zero-order chi connectivity index (χ0) is 20.5. The normalized spacial score (nSPS) is 13.0. The fourth-order valence-electron chi connectivity index (χ4n) is 3.09. The number of halogens is 3. The van der Waals surface area contributed by atoms with Gasteiger partial charge in [-0.1, -0.05) is 22.8 Å². The van der Waals surface area contributed by atoms with Gasteiger partial charge in [-0.15, -0.1) is 0 Å². The molecule has 3 aromatic rings. The summed E-state index contributed by atoms with van der Waals surface area (Å²) in [7, 11) is 0. The maximum absolute atomic E-state index is 14.3. The van der Waals surface area contributed by atoms with Crippen LogP contribution < -0.4 is 4.74 Å². The second-order valence-corrected chi connectivity index (χ2v) is 6.71. The van der Waals surface area contributed by atoms with Crippen LogP contribution in [0.3, 0.4) is 0 Å². The van der Waals surface area contributed by atoms with Crippen LogP contribution in [0.25, 0.3) is 11.3 Å². The van der Waals surface area contributed by atoms with Crippen molar-refractivity contribution < 1.29 is 32.3 Å². The fraction of sp³-hybridized carbons (Fsp3) is 0.200. The van der Waals surface area contributed by atoms with E-state index in [-0.39, 0.29) is 47.6 Å². The number of benzene rings is 2. The van der Waals surface area contributed by atoms with Gasteiger partial charge in [0.1, 0.15) is 41.0 Å². The van der Waals surface area contributed by atoms with Gasteiger partial charge >= 0.3 is 5.97 Å². The molecule has 0 saturated carbocycles. The van der Waals surface area contributed by atoms with Gasteiger partial charge in [-0.3, -0.25) is 0 Å². The van der Waals surface area contributed by atoms with E-state index in [9.17, 15) is 13.6 Å². The minimum absolute atomic E-state index is 0.0142. The summed E-state index contributed by atoms with van der Waals surface area (Å²) in [4.78, 5) is 12.7. The minimum Gasteiger partial charge on any atom is -0.467 e. The first-order chi connectivity index (χ1) is 14.0. The third-order valence-corrected chi connectivity index (χ3v) is 4.69. The highest BCUT2D eigenvalue weighted by Gasteiger charge is 2.27. The zero-order valence-corrected chi connectivity index (χ0v) is 15.9. The summed E-state index contributed by atoms with van der Waals surface area (Å²) >= 11 is 6.08. The molecule has 29 heavy (non-hydrogen) atoms. The largest absolute Gasteiger partial charge is 0.467 e. The highest BCUT2D eigenvalue weighted by atomic mass is 35.5. The van der Waals surface area contributed by atoms with Crippen LogP contribution in [0.15, 0.2) is 34.9 Å². The third-order valence-electron chi connectivity index (χ3n) is 4.38. The molecule has 1 aromatic heterocycles. The summed E-state index contributed by atoms with van der Waals surface area (Å²) in [6, 6.07) is 6.61. The molecule has 0 bridgehead atoms. The van der Waals surface area contributed by atoms with Crippen molar-refractivity contribution in [1.29, 1.82) is 0 Å². The van der Waals surface area contributed by atoms with Crippen LogP contribution in [0.2, 0.25) is 5.02 Å². The number of rotatable bonds is 4. The summed E-state index contributed by atoms with van der Waals surface area (Å²) in [6.07, 6.45) is 0. The molecule has 2 aromatic carbocycles. The van der Waals surface area contributed by atoms with Gasteiger partial charge in [0.2, 0.25) is 0 Å². The smallest absolute Gasteiger partial charge is 0.344 e. The fourth-order valence-corrected chi connectivity index (χ4v) is 3.34. The molecule has 0 radical (unpaired) electrons. The topological polar surface area (TPSA) is 70.8 Å². The molecule has 9 heteroatoms. The van der Waals surface area contributed by atoms with Gasteiger partial charge in [0, 0.05) is 11.1 Å². The lowest BCUT2D eigenvalue weighted by Crippen LogP contribution is -2.15. The predicted octanol–water partition coefficient (Wildman–Crippen LogP) is 4.81. The molecule has 0 saturated heterocycles. The van der Waals surface area contributed by atoms with Gasteiger partial charge in [-0.2, -0.15) is 0 Å². The highest BCUT2D eigenvalue weighted by molar-refractivity contribution is 6.33. The first-order valence-corrected chi connectivity index (χ1v) is 8.93. The molecule has 0 unspecified atom stereocenters. The Hall–Kier alpha value is -2.97. The van der Waals surface area contributed by atoms with Gasteiger partial charge in [0.25, 0.3) is 0 Å². The zero-order valence-electron chi connectivity index (χ0n) is 15.1. The molecule has 0 atom stereocenters. The van der Waals surface area contributed by atoms with Crippen LogP contribution >= 0.6 is 11.6 Å². The van der Waals surface area contributed by atoms with Crippen molar-refractivity contribution in [2.24, 2.45) is 0 Å². The van der Waals surface area contributed by atoms with Crippen LogP contribution in [0.1, 0.15) is 27.2 Å². The molecule has 0 fully saturated rings. The van der Waals surface area contributed by atoms with Crippen LogP contribution in [-0.2, 0) is 22.7 Å². The molecule has 0 spiro atoms. The molecule has 0 N–H and O–H groups in total. The number of ether oxygens (including phenoxy) is 3. The monoisotopic (exact) mass is 421 g/mol. The number of fused-ring (bicyclic) bond motifs is 1. The van der Waals surface area contributed by atoms with E-state index in [2.05, 4.69) is 5.16 Å². The lowest BCUT2D eigenvalue weighted by atomic mass is 10.1. The van der Waals surface area contributed by atoms with Crippen molar-refractivity contribution in [2.45, 2.75) is 20.1 Å². The Morgan fingerprint density at radius 3 is 2.93 bits per heavy atom. The summed E-state index contributed by atoms with van der Waals surface area (Å²) in [5.41, 5.74) is 0.660. The molecule has 150 valence electrons. The van der Waals surface area contributed by atoms with Crippen molar-refractivity contribution in [3.63, 3.8) is 0 Å². The third kappa shape index (κ3) is 3.68. The van der Waals surface area contributed by atoms with E-state index in [0.717, 1.165) is 0 Å². The lowest BCUT2D eigenvalue weighted by Gasteiger charge is -2.20. The molecule has 2 heterocycles. The molecule has 1 aliphatic heterocycles. The van der Waals surface area contributed by atoms with E-state index < -0.39 is 17.6 Å². The van der Waals surface area contributed by atoms with Gasteiger partial charge in [0.05, 0.1) is 17.2 Å². The van der Waals surface area contributed by atoms with Gasteiger partial charge in [-0.05, 0) is 31.2 Å². The second-order valence-electron chi connectivity index (χ2n) is 6.30. The Labute approximate surface area is 168 Å². The van der Waals surface area contributed by atoms with E-state index in [0.29, 0.717) is 16.9 Å². The molecule has 4 rings (SSSR count). The van der Waals surface area contributed by atoms with Crippen molar-refractivity contribution in [2.75, 3.05) is 6.79 Å². The first-order valence-electron chi connectivity index (χ1n) is 8.55. The Kier molecular flexibility index (Phi) is 5.21. The number of esters is 1. The summed E-state index contributed by atoms with van der Waals surface area (Å²) in [5, 5.41) is 3.84. The number of nitrogens with zero attached hydrogens (tertiary/aromatic N) is 1. The molecular weight excluding hydrogens is 408 g/mol. The van der Waals surface area contributed by atoms with Crippen LogP contribution in [0, 0.1) is 18.6 Å². The van der Waals surface area contributed by atoms with Gasteiger partial charge in [-0.25, -0.2) is 13.6 Å².